The van der Waals surface area contributed by atoms with Crippen LogP contribution in [-0.4, -0.2) is 50.5 Å². The summed E-state index contributed by atoms with van der Waals surface area (Å²) in [6.07, 6.45) is 1.38. The molecule has 1 fully saturated rings. The average Bonchev–Trinajstić information content (AvgIpc) is 3.24. The first-order valence-corrected chi connectivity index (χ1v) is 13.8. The van der Waals surface area contributed by atoms with Crippen molar-refractivity contribution in [2.24, 2.45) is 0 Å². The SMILES string of the molecule is CCS(=O)(=O)N1CC2(CCN(C(=O)Nc3ccc(C(=O)c4ccccc4)cc3)CC2)c2ccccc21. The number of hydrogen-bond donors (Lipinski definition) is 1. The van der Waals surface area contributed by atoms with Crippen LogP contribution in [0.3, 0.4) is 0 Å². The van der Waals surface area contributed by atoms with Gasteiger partial charge in [-0.1, -0.05) is 48.5 Å². The summed E-state index contributed by atoms with van der Waals surface area (Å²) in [4.78, 5) is 27.3. The Morgan fingerprint density at radius 1 is 0.861 bits per heavy atom. The Hall–Kier alpha value is -3.65. The molecule has 0 saturated carbocycles. The predicted molar refractivity (Wildman–Crippen MR) is 141 cm³/mol. The second kappa shape index (κ2) is 9.43. The molecule has 2 aliphatic rings. The van der Waals surface area contributed by atoms with Crippen LogP contribution in [0.1, 0.15) is 41.3 Å². The van der Waals surface area contributed by atoms with Gasteiger partial charge in [0.05, 0.1) is 11.4 Å². The van der Waals surface area contributed by atoms with Gasteiger partial charge in [0.2, 0.25) is 10.0 Å². The maximum absolute atomic E-state index is 13.0. The third-order valence-electron chi connectivity index (χ3n) is 7.33. The Labute approximate surface area is 211 Å². The van der Waals surface area contributed by atoms with Gasteiger partial charge in [-0.15, -0.1) is 0 Å². The van der Waals surface area contributed by atoms with Crippen LogP contribution in [0.15, 0.2) is 78.9 Å². The molecule has 186 valence electrons. The van der Waals surface area contributed by atoms with E-state index in [0.717, 1.165) is 11.3 Å². The molecule has 2 aliphatic heterocycles. The smallest absolute Gasteiger partial charge is 0.321 e. The number of piperidine rings is 1. The number of carbonyl (C=O) groups excluding carboxylic acids is 2. The minimum atomic E-state index is -3.37. The number of likely N-dealkylation sites (tertiary alicyclic amines) is 1. The van der Waals surface area contributed by atoms with E-state index in [1.807, 2.05) is 42.5 Å². The zero-order chi connectivity index (χ0) is 25.3. The number of nitrogens with zero attached hydrogens (tertiary/aromatic N) is 2. The van der Waals surface area contributed by atoms with Crippen molar-refractivity contribution in [2.45, 2.75) is 25.2 Å². The summed E-state index contributed by atoms with van der Waals surface area (Å²) >= 11 is 0. The van der Waals surface area contributed by atoms with Gasteiger partial charge in [0.25, 0.3) is 0 Å². The molecule has 36 heavy (non-hydrogen) atoms. The molecule has 0 aromatic heterocycles. The number of hydrogen-bond acceptors (Lipinski definition) is 4. The number of ketones is 1. The summed E-state index contributed by atoms with van der Waals surface area (Å²) in [6.45, 7) is 3.16. The number of anilines is 2. The van der Waals surface area contributed by atoms with E-state index in [1.165, 1.54) is 0 Å². The van der Waals surface area contributed by atoms with Gasteiger partial charge in [-0.3, -0.25) is 9.10 Å². The molecule has 1 spiro atoms. The van der Waals surface area contributed by atoms with E-state index in [4.69, 9.17) is 0 Å². The average molecular weight is 504 g/mol. The van der Waals surface area contributed by atoms with Gasteiger partial charge >= 0.3 is 6.03 Å². The molecule has 0 aliphatic carbocycles. The first kappa shape index (κ1) is 24.1. The monoisotopic (exact) mass is 503 g/mol. The zero-order valence-electron chi connectivity index (χ0n) is 20.2. The zero-order valence-corrected chi connectivity index (χ0v) is 21.0. The fourth-order valence-corrected chi connectivity index (χ4v) is 6.43. The molecular formula is C28H29N3O4S. The van der Waals surface area contributed by atoms with Crippen LogP contribution in [0.25, 0.3) is 0 Å². The maximum Gasteiger partial charge on any atom is 0.321 e. The quantitative estimate of drug-likeness (QED) is 0.514. The fraction of sp³-hybridized carbons (Fsp3) is 0.286. The van der Waals surface area contributed by atoms with Crippen molar-refractivity contribution in [1.29, 1.82) is 0 Å². The molecule has 0 radical (unpaired) electrons. The highest BCUT2D eigenvalue weighted by Gasteiger charge is 2.47. The topological polar surface area (TPSA) is 86.8 Å². The highest BCUT2D eigenvalue weighted by atomic mass is 32.2. The van der Waals surface area contributed by atoms with Crippen molar-refractivity contribution >= 4 is 33.2 Å². The number of benzene rings is 3. The summed E-state index contributed by atoms with van der Waals surface area (Å²) in [5, 5.41) is 2.93. The van der Waals surface area contributed by atoms with Crippen molar-refractivity contribution < 1.29 is 18.0 Å². The molecule has 8 heteroatoms. The first-order valence-electron chi connectivity index (χ1n) is 12.2. The molecule has 0 atom stereocenters. The van der Waals surface area contributed by atoms with Gasteiger partial charge in [0.15, 0.2) is 5.78 Å². The summed E-state index contributed by atoms with van der Waals surface area (Å²) in [5.74, 6) is -0.00687. The van der Waals surface area contributed by atoms with Crippen LogP contribution in [0.4, 0.5) is 16.2 Å². The van der Waals surface area contributed by atoms with E-state index < -0.39 is 10.0 Å². The van der Waals surface area contributed by atoms with E-state index in [2.05, 4.69) is 5.32 Å². The summed E-state index contributed by atoms with van der Waals surface area (Å²) in [7, 11) is -3.37. The van der Waals surface area contributed by atoms with Gasteiger partial charge in [0, 0.05) is 41.9 Å². The highest BCUT2D eigenvalue weighted by Crippen LogP contribution is 2.48. The normalized spacial score (nSPS) is 16.6. The summed E-state index contributed by atoms with van der Waals surface area (Å²) in [6, 6.07) is 23.5. The van der Waals surface area contributed by atoms with Gasteiger partial charge in [-0.05, 0) is 55.7 Å². The maximum atomic E-state index is 13.0. The second-order valence-electron chi connectivity index (χ2n) is 9.39. The Balaban J connectivity index is 1.24. The first-order chi connectivity index (χ1) is 17.3. The molecule has 7 nitrogen and oxygen atoms in total. The third-order valence-corrected chi connectivity index (χ3v) is 9.06. The minimum Gasteiger partial charge on any atom is -0.324 e. The van der Waals surface area contributed by atoms with E-state index >= 15 is 0 Å². The van der Waals surface area contributed by atoms with Crippen LogP contribution in [0.2, 0.25) is 0 Å². The van der Waals surface area contributed by atoms with Crippen molar-refractivity contribution in [1.82, 2.24) is 4.90 Å². The van der Waals surface area contributed by atoms with Gasteiger partial charge in [-0.2, -0.15) is 0 Å². The molecule has 3 aromatic rings. The lowest BCUT2D eigenvalue weighted by molar-refractivity contribution is 0.103. The van der Waals surface area contributed by atoms with E-state index in [0.29, 0.717) is 49.3 Å². The van der Waals surface area contributed by atoms with Crippen LogP contribution in [0.5, 0.6) is 0 Å². The standard InChI is InChI=1S/C28H29N3O4S/c1-2-36(34,35)31-20-28(24-10-6-7-11-25(24)31)16-18-30(19-17-28)27(33)29-23-14-12-22(13-15-23)26(32)21-8-4-3-5-9-21/h3-15H,2,16-20H2,1H3,(H,29,33). The number of fused-ring (bicyclic) bond motifs is 2. The molecular weight excluding hydrogens is 474 g/mol. The van der Waals surface area contributed by atoms with E-state index in [9.17, 15) is 18.0 Å². The van der Waals surface area contributed by atoms with Crippen molar-refractivity contribution in [2.75, 3.05) is 35.0 Å². The minimum absolute atomic E-state index is 0.0572. The van der Waals surface area contributed by atoms with Gasteiger partial charge in [0.1, 0.15) is 0 Å². The molecule has 1 N–H and O–H groups in total. The van der Waals surface area contributed by atoms with Crippen LogP contribution < -0.4 is 9.62 Å². The molecule has 3 aromatic carbocycles. The number of nitrogens with one attached hydrogen (secondary N) is 1. The lowest BCUT2D eigenvalue weighted by atomic mass is 9.74. The third kappa shape index (κ3) is 4.37. The van der Waals surface area contributed by atoms with Crippen LogP contribution >= 0.6 is 0 Å². The number of amides is 2. The van der Waals surface area contributed by atoms with Crippen molar-refractivity contribution in [3.63, 3.8) is 0 Å². The number of para-hydroxylation sites is 1. The lowest BCUT2D eigenvalue weighted by Gasteiger charge is -2.39. The Kier molecular flexibility index (Phi) is 6.30. The lowest BCUT2D eigenvalue weighted by Crippen LogP contribution is -2.49. The molecule has 0 bridgehead atoms. The predicted octanol–water partition coefficient (Wildman–Crippen LogP) is 4.65. The van der Waals surface area contributed by atoms with Gasteiger partial charge < -0.3 is 10.2 Å². The molecule has 5 rings (SSSR count). The number of carbonyl (C=O) groups is 2. The van der Waals surface area contributed by atoms with Crippen molar-refractivity contribution in [3.8, 4) is 0 Å². The largest absolute Gasteiger partial charge is 0.324 e. The van der Waals surface area contributed by atoms with Crippen LogP contribution in [-0.2, 0) is 15.4 Å². The molecule has 2 heterocycles. The second-order valence-corrected chi connectivity index (χ2v) is 11.6. The molecule has 1 saturated heterocycles. The van der Waals surface area contributed by atoms with Gasteiger partial charge in [-0.25, -0.2) is 13.2 Å². The summed E-state index contributed by atoms with van der Waals surface area (Å²) in [5.41, 5.74) is 3.34. The van der Waals surface area contributed by atoms with Crippen molar-refractivity contribution in [3.05, 3.63) is 95.6 Å². The Bertz CT molecular complexity index is 1380. The summed E-state index contributed by atoms with van der Waals surface area (Å²) < 4.78 is 27.0. The number of sulfonamides is 1. The molecule has 2 amide bonds. The Morgan fingerprint density at radius 3 is 2.14 bits per heavy atom. The number of urea groups is 1. The van der Waals surface area contributed by atoms with E-state index in [1.54, 1.807) is 52.5 Å². The molecule has 0 unspecified atom stereocenters. The Morgan fingerprint density at radius 2 is 1.47 bits per heavy atom. The van der Waals surface area contributed by atoms with E-state index in [-0.39, 0.29) is 23.0 Å². The highest BCUT2D eigenvalue weighted by molar-refractivity contribution is 7.92. The fourth-order valence-electron chi connectivity index (χ4n) is 5.22. The van der Waals surface area contributed by atoms with Crippen LogP contribution in [0, 0.1) is 0 Å². The number of rotatable bonds is 5.